The first-order valence-electron chi connectivity index (χ1n) is 4.40. The summed E-state index contributed by atoms with van der Waals surface area (Å²) in [6.07, 6.45) is -0.786. The lowest BCUT2D eigenvalue weighted by Gasteiger charge is -2.16. The minimum atomic E-state index is -1.05. The Morgan fingerprint density at radius 2 is 2.13 bits per heavy atom. The lowest BCUT2D eigenvalue weighted by molar-refractivity contribution is 0.0696. The Hall–Kier alpha value is -1.10. The van der Waals surface area contributed by atoms with Crippen LogP contribution >= 0.6 is 11.6 Å². The Morgan fingerprint density at radius 1 is 1.53 bits per heavy atom. The van der Waals surface area contributed by atoms with Crippen molar-refractivity contribution in [1.29, 1.82) is 0 Å². The van der Waals surface area contributed by atoms with Gasteiger partial charge in [-0.2, -0.15) is 0 Å². The van der Waals surface area contributed by atoms with Gasteiger partial charge in [-0.15, -0.1) is 0 Å². The summed E-state index contributed by atoms with van der Waals surface area (Å²) in [7, 11) is 0. The van der Waals surface area contributed by atoms with Gasteiger partial charge in [0.05, 0.1) is 17.7 Å². The van der Waals surface area contributed by atoms with Crippen LogP contribution in [0.1, 0.15) is 28.9 Å². The number of aliphatic hydroxyl groups excluding tert-OH is 1. The third-order valence-corrected chi connectivity index (χ3v) is 2.47. The van der Waals surface area contributed by atoms with Crippen molar-refractivity contribution in [2.75, 3.05) is 0 Å². The molecule has 0 radical (unpaired) electrons. The number of aromatic carboxylic acids is 1. The topological polar surface area (TPSA) is 83.5 Å². The summed E-state index contributed by atoms with van der Waals surface area (Å²) in [5.74, 6) is -1.05. The number of carbonyl (C=O) groups is 1. The van der Waals surface area contributed by atoms with E-state index in [4.69, 9.17) is 22.4 Å². The molecule has 1 aromatic carbocycles. The summed E-state index contributed by atoms with van der Waals surface area (Å²) in [6.45, 7) is 1.52. The van der Waals surface area contributed by atoms with Crippen molar-refractivity contribution in [1.82, 2.24) is 0 Å². The van der Waals surface area contributed by atoms with Crippen LogP contribution in [0.4, 0.5) is 0 Å². The third kappa shape index (κ3) is 2.68. The summed E-state index contributed by atoms with van der Waals surface area (Å²) < 4.78 is 0. The molecule has 15 heavy (non-hydrogen) atoms. The fourth-order valence-corrected chi connectivity index (χ4v) is 1.44. The maximum absolute atomic E-state index is 10.7. The Kier molecular flexibility index (Phi) is 3.68. The minimum absolute atomic E-state index is 0.102. The van der Waals surface area contributed by atoms with Crippen LogP contribution in [0, 0.1) is 0 Å². The van der Waals surface area contributed by atoms with Crippen LogP contribution in [0.15, 0.2) is 18.2 Å². The lowest BCUT2D eigenvalue weighted by Crippen LogP contribution is -2.23. The average molecular weight is 230 g/mol. The van der Waals surface area contributed by atoms with Gasteiger partial charge in [0.15, 0.2) is 0 Å². The van der Waals surface area contributed by atoms with Crippen LogP contribution < -0.4 is 5.73 Å². The van der Waals surface area contributed by atoms with Gasteiger partial charge in [0.1, 0.15) is 0 Å². The van der Waals surface area contributed by atoms with Crippen molar-refractivity contribution >= 4 is 17.6 Å². The van der Waals surface area contributed by atoms with Crippen LogP contribution in [-0.2, 0) is 0 Å². The highest BCUT2D eigenvalue weighted by molar-refractivity contribution is 6.31. The quantitative estimate of drug-likeness (QED) is 0.732. The van der Waals surface area contributed by atoms with E-state index >= 15 is 0 Å². The number of hydrogen-bond donors (Lipinski definition) is 3. The van der Waals surface area contributed by atoms with Gasteiger partial charge in [0.2, 0.25) is 0 Å². The first-order chi connectivity index (χ1) is 6.93. The number of hydrogen-bond acceptors (Lipinski definition) is 3. The Balaban J connectivity index is 3.16. The molecule has 0 fully saturated rings. The van der Waals surface area contributed by atoms with E-state index < -0.39 is 18.1 Å². The van der Waals surface area contributed by atoms with E-state index in [1.165, 1.54) is 25.1 Å². The fraction of sp³-hybridized carbons (Fsp3) is 0.300. The molecule has 4 N–H and O–H groups in total. The van der Waals surface area contributed by atoms with E-state index in [2.05, 4.69) is 0 Å². The molecular weight excluding hydrogens is 218 g/mol. The van der Waals surface area contributed by atoms with Crippen molar-refractivity contribution in [3.63, 3.8) is 0 Å². The van der Waals surface area contributed by atoms with Gasteiger partial charge >= 0.3 is 5.97 Å². The van der Waals surface area contributed by atoms with Crippen molar-refractivity contribution in [3.05, 3.63) is 34.3 Å². The zero-order valence-corrected chi connectivity index (χ0v) is 8.90. The predicted molar refractivity (Wildman–Crippen MR) is 57.0 cm³/mol. The first-order valence-corrected chi connectivity index (χ1v) is 4.77. The molecule has 0 spiro atoms. The molecule has 4 nitrogen and oxygen atoms in total. The van der Waals surface area contributed by atoms with Crippen molar-refractivity contribution in [3.8, 4) is 0 Å². The Morgan fingerprint density at radius 3 is 2.60 bits per heavy atom. The molecule has 0 amide bonds. The van der Waals surface area contributed by atoms with Gasteiger partial charge in [-0.3, -0.25) is 0 Å². The van der Waals surface area contributed by atoms with E-state index in [0.29, 0.717) is 10.6 Å². The normalized spacial score (nSPS) is 14.7. The molecule has 0 saturated heterocycles. The Labute approximate surface area is 92.3 Å². The number of aliphatic hydroxyl groups is 1. The van der Waals surface area contributed by atoms with Crippen molar-refractivity contribution in [2.24, 2.45) is 5.73 Å². The molecule has 5 heteroatoms. The largest absolute Gasteiger partial charge is 0.478 e. The van der Waals surface area contributed by atoms with E-state index in [0.717, 1.165) is 0 Å². The standard InChI is InChI=1S/C10H12ClNO3/c1-5(13)9(12)7-4-6(10(14)15)2-3-8(7)11/h2-5,9,13H,12H2,1H3,(H,14,15)/t5-,9-/m0/s1. The number of carboxylic acid groups (broad SMARTS) is 1. The summed E-state index contributed by atoms with van der Waals surface area (Å²) in [5, 5.41) is 18.4. The molecule has 82 valence electrons. The van der Waals surface area contributed by atoms with Gasteiger partial charge in [-0.05, 0) is 30.7 Å². The monoisotopic (exact) mass is 229 g/mol. The van der Waals surface area contributed by atoms with Gasteiger partial charge in [-0.1, -0.05) is 11.6 Å². The maximum Gasteiger partial charge on any atom is 0.335 e. The molecule has 0 aliphatic carbocycles. The molecule has 1 rings (SSSR count). The second-order valence-electron chi connectivity index (χ2n) is 3.31. The van der Waals surface area contributed by atoms with Crippen molar-refractivity contribution < 1.29 is 15.0 Å². The molecular formula is C10H12ClNO3. The molecule has 0 saturated carbocycles. The molecule has 0 unspecified atom stereocenters. The zero-order chi connectivity index (χ0) is 11.6. The second-order valence-corrected chi connectivity index (χ2v) is 3.72. The average Bonchev–Trinajstić information content (AvgIpc) is 2.16. The zero-order valence-electron chi connectivity index (χ0n) is 8.14. The number of carboxylic acids is 1. The lowest BCUT2D eigenvalue weighted by atomic mass is 10.0. The highest BCUT2D eigenvalue weighted by Gasteiger charge is 2.17. The van der Waals surface area contributed by atoms with E-state index in [1.54, 1.807) is 0 Å². The second kappa shape index (κ2) is 4.61. The molecule has 2 atom stereocenters. The van der Waals surface area contributed by atoms with Gasteiger partial charge in [0.25, 0.3) is 0 Å². The first kappa shape index (κ1) is 12.0. The number of rotatable bonds is 3. The van der Waals surface area contributed by atoms with Crippen LogP contribution in [0.2, 0.25) is 5.02 Å². The van der Waals surface area contributed by atoms with Gasteiger partial charge in [0, 0.05) is 5.02 Å². The summed E-state index contributed by atoms with van der Waals surface area (Å²) in [5.41, 5.74) is 6.22. The predicted octanol–water partition coefficient (Wildman–Crippen LogP) is 1.42. The highest BCUT2D eigenvalue weighted by Crippen LogP contribution is 2.24. The SMILES string of the molecule is C[C@H](O)[C@H](N)c1cc(C(=O)O)ccc1Cl. The molecule has 0 aliphatic heterocycles. The molecule has 0 heterocycles. The minimum Gasteiger partial charge on any atom is -0.478 e. The number of benzene rings is 1. The number of halogens is 1. The van der Waals surface area contributed by atoms with E-state index in [9.17, 15) is 9.90 Å². The third-order valence-electron chi connectivity index (χ3n) is 2.12. The molecule has 0 bridgehead atoms. The molecule has 1 aromatic rings. The summed E-state index contributed by atoms with van der Waals surface area (Å²) in [4.78, 5) is 10.7. The molecule has 0 aromatic heterocycles. The van der Waals surface area contributed by atoms with E-state index in [1.807, 2.05) is 0 Å². The van der Waals surface area contributed by atoms with Gasteiger partial charge in [-0.25, -0.2) is 4.79 Å². The van der Waals surface area contributed by atoms with Crippen LogP contribution in [0.25, 0.3) is 0 Å². The number of nitrogens with two attached hydrogens (primary N) is 1. The summed E-state index contributed by atoms with van der Waals surface area (Å²) >= 11 is 5.86. The van der Waals surface area contributed by atoms with Crippen molar-refractivity contribution in [2.45, 2.75) is 19.1 Å². The van der Waals surface area contributed by atoms with E-state index in [-0.39, 0.29) is 5.56 Å². The van der Waals surface area contributed by atoms with Crippen LogP contribution in [0.5, 0.6) is 0 Å². The maximum atomic E-state index is 10.7. The van der Waals surface area contributed by atoms with Crippen LogP contribution in [0.3, 0.4) is 0 Å². The highest BCUT2D eigenvalue weighted by atomic mass is 35.5. The fourth-order valence-electron chi connectivity index (χ4n) is 1.19. The smallest absolute Gasteiger partial charge is 0.335 e. The summed E-state index contributed by atoms with van der Waals surface area (Å²) in [6, 6.07) is 3.55. The molecule has 0 aliphatic rings. The van der Waals surface area contributed by atoms with Gasteiger partial charge < -0.3 is 15.9 Å². The van der Waals surface area contributed by atoms with Crippen LogP contribution in [-0.4, -0.2) is 22.3 Å². The Bertz CT molecular complexity index is 379.